The van der Waals surface area contributed by atoms with E-state index in [1.54, 1.807) is 24.3 Å². The Balaban J connectivity index is 2.27. The molecule has 4 nitrogen and oxygen atoms in total. The van der Waals surface area contributed by atoms with E-state index in [-0.39, 0.29) is 23.0 Å². The number of carbonyl (C=O) groups is 2. The molecule has 3 rings (SSSR count). The zero-order valence-corrected chi connectivity index (χ0v) is 10.2. The highest BCUT2D eigenvalue weighted by molar-refractivity contribution is 9.08. The third-order valence-electron chi connectivity index (χ3n) is 2.62. The summed E-state index contributed by atoms with van der Waals surface area (Å²) >= 11 is 3.18. The summed E-state index contributed by atoms with van der Waals surface area (Å²) in [6.07, 6.45) is 0. The van der Waals surface area contributed by atoms with Crippen LogP contribution in [0.25, 0.3) is 0 Å². The fourth-order valence-electron chi connectivity index (χ4n) is 1.86. The van der Waals surface area contributed by atoms with Crippen LogP contribution in [0.4, 0.5) is 0 Å². The molecule has 0 N–H and O–H groups in total. The van der Waals surface area contributed by atoms with E-state index in [1.165, 1.54) is 0 Å². The highest BCUT2D eigenvalue weighted by Crippen LogP contribution is 2.27. The van der Waals surface area contributed by atoms with Crippen LogP contribution in [0.1, 0.15) is 38.1 Å². The minimum atomic E-state index is -0.282. The Labute approximate surface area is 105 Å². The molecule has 0 unspecified atom stereocenters. The minimum absolute atomic E-state index is 0.0446. The van der Waals surface area contributed by atoms with Crippen LogP contribution in [-0.4, -0.2) is 16.6 Å². The number of ketones is 2. The van der Waals surface area contributed by atoms with Gasteiger partial charge in [0, 0.05) is 11.1 Å². The number of alkyl halides is 1. The average molecular weight is 292 g/mol. The lowest BCUT2D eigenvalue weighted by Gasteiger charge is -2.10. The molecule has 0 bridgehead atoms. The summed E-state index contributed by atoms with van der Waals surface area (Å²) < 4.78 is 5.27. The van der Waals surface area contributed by atoms with Crippen molar-refractivity contribution in [2.75, 3.05) is 0 Å². The number of aromatic nitrogens is 1. The lowest BCUT2D eigenvalue weighted by Crippen LogP contribution is -2.19. The first kappa shape index (κ1) is 10.4. The van der Waals surface area contributed by atoms with Crippen molar-refractivity contribution in [1.82, 2.24) is 4.98 Å². The maximum atomic E-state index is 12.1. The van der Waals surface area contributed by atoms with Crippen LogP contribution in [-0.2, 0) is 5.33 Å². The highest BCUT2D eigenvalue weighted by atomic mass is 79.9. The third kappa shape index (κ3) is 1.39. The number of benzene rings is 1. The topological polar surface area (TPSA) is 60.2 Å². The van der Waals surface area contributed by atoms with Gasteiger partial charge in [-0.1, -0.05) is 40.2 Å². The Morgan fingerprint density at radius 1 is 1.12 bits per heavy atom. The van der Waals surface area contributed by atoms with Gasteiger partial charge in [-0.3, -0.25) is 9.59 Å². The maximum Gasteiger partial charge on any atom is 0.231 e. The summed E-state index contributed by atoms with van der Waals surface area (Å²) in [5, 5.41) is 0.372. The van der Waals surface area contributed by atoms with E-state index in [9.17, 15) is 9.59 Å². The maximum absolute atomic E-state index is 12.1. The van der Waals surface area contributed by atoms with Crippen LogP contribution in [0.5, 0.6) is 0 Å². The number of rotatable bonds is 1. The van der Waals surface area contributed by atoms with Crippen molar-refractivity contribution in [2.45, 2.75) is 5.33 Å². The summed E-state index contributed by atoms with van der Waals surface area (Å²) in [5.74, 6) is -0.159. The lowest BCUT2D eigenvalue weighted by atomic mass is 9.91. The predicted molar refractivity (Wildman–Crippen MR) is 62.4 cm³/mol. The first-order valence-corrected chi connectivity index (χ1v) is 6.08. The summed E-state index contributed by atoms with van der Waals surface area (Å²) in [6.45, 7) is 0. The summed E-state index contributed by atoms with van der Waals surface area (Å²) in [4.78, 5) is 28.2. The molecular weight excluding hydrogens is 286 g/mol. The summed E-state index contributed by atoms with van der Waals surface area (Å²) in [7, 11) is 0. The van der Waals surface area contributed by atoms with Gasteiger partial charge < -0.3 is 4.42 Å². The van der Waals surface area contributed by atoms with Gasteiger partial charge in [0.05, 0.1) is 5.33 Å². The zero-order chi connectivity index (χ0) is 12.0. The second kappa shape index (κ2) is 3.63. The molecule has 17 heavy (non-hydrogen) atoms. The van der Waals surface area contributed by atoms with Gasteiger partial charge >= 0.3 is 0 Å². The molecule has 0 aliphatic heterocycles. The number of oxazole rings is 1. The van der Waals surface area contributed by atoms with Gasteiger partial charge in [-0.05, 0) is 0 Å². The van der Waals surface area contributed by atoms with E-state index in [1.807, 2.05) is 0 Å². The number of fused-ring (bicyclic) bond motifs is 2. The van der Waals surface area contributed by atoms with Gasteiger partial charge in [0.25, 0.3) is 0 Å². The molecule has 84 valence electrons. The smallest absolute Gasteiger partial charge is 0.231 e. The molecule has 0 saturated heterocycles. The molecular formula is C12H6BrNO3. The Hall–Kier alpha value is -1.75. The van der Waals surface area contributed by atoms with Crippen molar-refractivity contribution in [1.29, 1.82) is 0 Å². The van der Waals surface area contributed by atoms with Crippen molar-refractivity contribution in [3.05, 3.63) is 52.7 Å². The van der Waals surface area contributed by atoms with Crippen molar-refractivity contribution in [3.8, 4) is 0 Å². The first-order chi connectivity index (χ1) is 8.22. The van der Waals surface area contributed by atoms with Gasteiger partial charge in [-0.25, -0.2) is 4.98 Å². The third-order valence-corrected chi connectivity index (χ3v) is 3.10. The number of nitrogens with zero attached hydrogens (tertiary/aromatic N) is 1. The Morgan fingerprint density at radius 2 is 1.76 bits per heavy atom. The fourth-order valence-corrected chi connectivity index (χ4v) is 2.10. The number of hydrogen-bond acceptors (Lipinski definition) is 4. The highest BCUT2D eigenvalue weighted by Gasteiger charge is 2.34. The van der Waals surface area contributed by atoms with Crippen molar-refractivity contribution >= 4 is 27.5 Å². The fraction of sp³-hybridized carbons (Fsp3) is 0.0833. The van der Waals surface area contributed by atoms with E-state index < -0.39 is 0 Å². The van der Waals surface area contributed by atoms with Gasteiger partial charge in [0.2, 0.25) is 23.2 Å². The average Bonchev–Trinajstić information content (AvgIpc) is 2.80. The van der Waals surface area contributed by atoms with Gasteiger partial charge in [0.15, 0.2) is 5.69 Å². The Kier molecular flexibility index (Phi) is 2.22. The molecule has 0 fully saturated rings. The van der Waals surface area contributed by atoms with E-state index in [2.05, 4.69) is 20.9 Å². The molecule has 1 aliphatic rings. The van der Waals surface area contributed by atoms with E-state index in [0.717, 1.165) is 0 Å². The SMILES string of the molecule is O=C1c2ccccc2C(=O)c2oc(CBr)nc21. The molecule has 0 saturated carbocycles. The second-order valence-corrected chi connectivity index (χ2v) is 4.18. The lowest BCUT2D eigenvalue weighted by molar-refractivity contribution is 0.0958. The van der Waals surface area contributed by atoms with Crippen LogP contribution in [0, 0.1) is 0 Å². The predicted octanol–water partition coefficient (Wildman–Crippen LogP) is 2.34. The molecule has 0 radical (unpaired) electrons. The Bertz CT molecular complexity index is 592. The molecule has 0 amide bonds. The van der Waals surface area contributed by atoms with Crippen molar-refractivity contribution in [2.24, 2.45) is 0 Å². The Morgan fingerprint density at radius 3 is 2.41 bits per heavy atom. The first-order valence-electron chi connectivity index (χ1n) is 4.96. The van der Waals surface area contributed by atoms with Gasteiger partial charge in [-0.2, -0.15) is 0 Å². The molecule has 1 aromatic carbocycles. The second-order valence-electron chi connectivity index (χ2n) is 3.62. The largest absolute Gasteiger partial charge is 0.435 e. The summed E-state index contributed by atoms with van der Waals surface area (Å²) in [6, 6.07) is 6.69. The number of halogens is 1. The normalized spacial score (nSPS) is 13.5. The molecule has 1 heterocycles. The quantitative estimate of drug-likeness (QED) is 0.646. The van der Waals surface area contributed by atoms with Crippen LogP contribution < -0.4 is 0 Å². The zero-order valence-electron chi connectivity index (χ0n) is 8.57. The number of hydrogen-bond donors (Lipinski definition) is 0. The monoisotopic (exact) mass is 291 g/mol. The van der Waals surface area contributed by atoms with Crippen LogP contribution in [0.15, 0.2) is 28.7 Å². The van der Waals surface area contributed by atoms with Crippen molar-refractivity contribution in [3.63, 3.8) is 0 Å². The molecule has 0 atom stereocenters. The van der Waals surface area contributed by atoms with E-state index in [0.29, 0.717) is 22.3 Å². The van der Waals surface area contributed by atoms with Gasteiger partial charge in [0.1, 0.15) is 0 Å². The van der Waals surface area contributed by atoms with Crippen LogP contribution >= 0.6 is 15.9 Å². The molecule has 1 aromatic heterocycles. The van der Waals surface area contributed by atoms with Crippen LogP contribution in [0.3, 0.4) is 0 Å². The van der Waals surface area contributed by atoms with E-state index >= 15 is 0 Å². The minimum Gasteiger partial charge on any atom is -0.435 e. The van der Waals surface area contributed by atoms with Crippen LogP contribution in [0.2, 0.25) is 0 Å². The standard InChI is InChI=1S/C12H6BrNO3/c13-5-8-14-9-10(15)6-3-1-2-4-7(6)11(16)12(9)17-8/h1-4H,5H2. The molecule has 2 aromatic rings. The van der Waals surface area contributed by atoms with E-state index in [4.69, 9.17) is 4.42 Å². The molecule has 1 aliphatic carbocycles. The number of carbonyl (C=O) groups excluding carboxylic acids is 2. The molecule has 5 heteroatoms. The van der Waals surface area contributed by atoms with Gasteiger partial charge in [-0.15, -0.1) is 0 Å². The molecule has 0 spiro atoms. The van der Waals surface area contributed by atoms with Crippen molar-refractivity contribution < 1.29 is 14.0 Å². The summed E-state index contributed by atoms with van der Waals surface area (Å²) in [5.41, 5.74) is 0.879.